The fourth-order valence-corrected chi connectivity index (χ4v) is 10.4. The van der Waals surface area contributed by atoms with Crippen LogP contribution in [0.4, 0.5) is 0 Å². The molecule has 0 fully saturated rings. The van der Waals surface area contributed by atoms with Crippen LogP contribution in [0.15, 0.2) is 60.8 Å². The lowest BCUT2D eigenvalue weighted by Gasteiger charge is -2.27. The highest BCUT2D eigenvalue weighted by atomic mass is 31.2. The number of unbranched alkanes of at least 4 members (excludes halogenated alkanes) is 37. The average molecular weight is 1130 g/mol. The molecule has 0 radical (unpaired) electrons. The molecule has 79 heavy (non-hydrogen) atoms. The van der Waals surface area contributed by atoms with Gasteiger partial charge >= 0.3 is 13.8 Å². The number of hydrogen-bond acceptors (Lipinski definition) is 6. The van der Waals surface area contributed by atoms with Crippen LogP contribution in [0.5, 0.6) is 0 Å². The van der Waals surface area contributed by atoms with E-state index < -0.39 is 20.0 Å². The molecule has 0 aromatic carbocycles. The van der Waals surface area contributed by atoms with Gasteiger partial charge in [0.2, 0.25) is 5.91 Å². The number of ether oxygens (including phenoxy) is 1. The van der Waals surface area contributed by atoms with E-state index in [-0.39, 0.29) is 31.5 Å². The van der Waals surface area contributed by atoms with Crippen molar-refractivity contribution in [1.82, 2.24) is 5.32 Å². The van der Waals surface area contributed by atoms with Crippen molar-refractivity contribution in [2.24, 2.45) is 0 Å². The molecule has 0 heterocycles. The van der Waals surface area contributed by atoms with Gasteiger partial charge in [0, 0.05) is 12.8 Å². The lowest BCUT2D eigenvalue weighted by Crippen LogP contribution is -2.47. The topological polar surface area (TPSA) is 111 Å². The summed E-state index contributed by atoms with van der Waals surface area (Å²) in [6.45, 7) is 6.99. The van der Waals surface area contributed by atoms with E-state index in [0.29, 0.717) is 17.4 Å². The van der Waals surface area contributed by atoms with Gasteiger partial charge < -0.3 is 19.4 Å². The summed E-state index contributed by atoms with van der Waals surface area (Å²) in [5, 5.41) is 3.06. The fourth-order valence-electron chi connectivity index (χ4n) is 9.71. The molecule has 3 unspecified atom stereocenters. The second-order valence-corrected chi connectivity index (χ2v) is 25.4. The third-order valence-electron chi connectivity index (χ3n) is 14.9. The van der Waals surface area contributed by atoms with E-state index in [4.69, 9.17) is 13.8 Å². The number of quaternary nitrogens is 1. The fraction of sp³-hybridized carbons (Fsp3) is 0.826. The first-order valence-electron chi connectivity index (χ1n) is 33.6. The van der Waals surface area contributed by atoms with Crippen LogP contribution in [0.1, 0.15) is 316 Å². The number of nitrogens with zero attached hydrogens (tertiary/aromatic N) is 1. The van der Waals surface area contributed by atoms with E-state index in [9.17, 15) is 19.0 Å². The zero-order valence-electron chi connectivity index (χ0n) is 52.9. The van der Waals surface area contributed by atoms with Gasteiger partial charge in [-0.15, -0.1) is 0 Å². The number of carbonyl (C=O) groups excluding carboxylic acids is 2. The van der Waals surface area contributed by atoms with E-state index in [1.165, 1.54) is 212 Å². The molecule has 2 N–H and O–H groups in total. The quantitative estimate of drug-likeness (QED) is 0.0205. The first-order valence-corrected chi connectivity index (χ1v) is 35.1. The second kappa shape index (κ2) is 58.9. The van der Waals surface area contributed by atoms with Crippen molar-refractivity contribution in [2.75, 3.05) is 40.9 Å². The van der Waals surface area contributed by atoms with Crippen molar-refractivity contribution < 1.29 is 37.3 Å². The molecule has 0 saturated heterocycles. The molecule has 10 heteroatoms. The number of carbonyl (C=O) groups is 2. The minimum atomic E-state index is -4.45. The smallest absolute Gasteiger partial charge is 0.456 e. The van der Waals surface area contributed by atoms with Crippen molar-refractivity contribution >= 4 is 19.7 Å². The van der Waals surface area contributed by atoms with Crippen LogP contribution in [0.25, 0.3) is 0 Å². The van der Waals surface area contributed by atoms with Crippen LogP contribution in [0.3, 0.4) is 0 Å². The third-order valence-corrected chi connectivity index (χ3v) is 15.9. The first kappa shape index (κ1) is 76.7. The molecule has 0 aliphatic heterocycles. The SMILES string of the molecule is CCCCC/C=C\C/C=C\CCCCCCCCCCCCCC(=O)NC(COP(=O)(O)OCC[N+](C)(C)C)C(/C=C/CCCCCCCCCCC)OC(=O)CCCCCCCCCCCCC/C=C\C/C=C\CCCCC. The summed E-state index contributed by atoms with van der Waals surface area (Å²) in [5.41, 5.74) is 0. The largest absolute Gasteiger partial charge is 0.472 e. The minimum absolute atomic E-state index is 0.0392. The van der Waals surface area contributed by atoms with Gasteiger partial charge in [0.05, 0.1) is 33.8 Å². The average Bonchev–Trinajstić information content (AvgIpc) is 3.41. The maximum absolute atomic E-state index is 13.6. The van der Waals surface area contributed by atoms with Crippen molar-refractivity contribution in [2.45, 2.75) is 328 Å². The number of amides is 1. The number of esters is 1. The number of nitrogens with one attached hydrogen (secondary N) is 1. The van der Waals surface area contributed by atoms with Gasteiger partial charge in [-0.05, 0) is 96.0 Å². The molecule has 0 aliphatic carbocycles. The Hall–Kier alpha value is -2.29. The van der Waals surface area contributed by atoms with E-state index in [0.717, 1.165) is 70.6 Å². The Morgan fingerprint density at radius 2 is 0.772 bits per heavy atom. The zero-order valence-corrected chi connectivity index (χ0v) is 53.8. The Kier molecular flexibility index (Phi) is 57.2. The summed E-state index contributed by atoms with van der Waals surface area (Å²) in [5.74, 6) is -0.501. The van der Waals surface area contributed by atoms with E-state index in [1.54, 1.807) is 0 Å². The first-order chi connectivity index (χ1) is 38.4. The summed E-state index contributed by atoms with van der Waals surface area (Å²) < 4.78 is 30.8. The normalized spacial score (nSPS) is 14.0. The van der Waals surface area contributed by atoms with Gasteiger partial charge in [0.25, 0.3) is 0 Å². The van der Waals surface area contributed by atoms with E-state index >= 15 is 0 Å². The Morgan fingerprint density at radius 3 is 1.16 bits per heavy atom. The van der Waals surface area contributed by atoms with Crippen LogP contribution in [-0.4, -0.2) is 74.3 Å². The molecule has 462 valence electrons. The van der Waals surface area contributed by atoms with Gasteiger partial charge in [0.15, 0.2) is 0 Å². The lowest BCUT2D eigenvalue weighted by atomic mass is 10.0. The molecule has 0 saturated carbocycles. The number of phosphoric ester groups is 1. The Bertz CT molecular complexity index is 1540. The summed E-state index contributed by atoms with van der Waals surface area (Å²) in [6, 6.07) is -0.851. The molecular weight excluding hydrogens is 1000 g/mol. The minimum Gasteiger partial charge on any atom is -0.456 e. The standard InChI is InChI=1S/C69H129N2O7P/c1-7-10-13-16-19-22-25-27-29-31-33-35-37-39-41-43-46-49-52-55-58-61-68(72)70-66(65-77-79(74,75)76-64-63-71(4,5)6)67(60-57-54-51-48-45-24-21-18-15-12-9-3)78-69(73)62-59-56-53-50-47-44-42-40-38-36-34-32-30-28-26-23-20-17-14-11-8-2/h19-20,22-23,27-30,57,60,66-67H,7-18,21,24-26,31-56,58-59,61-65H2,1-6H3,(H-,70,72,74,75)/p+1/b22-19-,23-20-,29-27-,30-28-,60-57+. The van der Waals surface area contributed by atoms with Crippen molar-refractivity contribution in [1.29, 1.82) is 0 Å². The third kappa shape index (κ3) is 60.1. The molecule has 9 nitrogen and oxygen atoms in total. The van der Waals surface area contributed by atoms with Crippen LogP contribution in [0.2, 0.25) is 0 Å². The number of rotatable bonds is 61. The van der Waals surface area contributed by atoms with E-state index in [2.05, 4.69) is 74.7 Å². The van der Waals surface area contributed by atoms with Crippen LogP contribution in [0, 0.1) is 0 Å². The summed E-state index contributed by atoms with van der Waals surface area (Å²) >= 11 is 0. The maximum atomic E-state index is 13.6. The van der Waals surface area contributed by atoms with Crippen molar-refractivity contribution in [3.05, 3.63) is 60.8 Å². The monoisotopic (exact) mass is 1130 g/mol. The van der Waals surface area contributed by atoms with Crippen LogP contribution < -0.4 is 5.32 Å². The van der Waals surface area contributed by atoms with Crippen LogP contribution in [-0.2, 0) is 27.9 Å². The zero-order chi connectivity index (χ0) is 57.9. The van der Waals surface area contributed by atoms with Gasteiger partial charge in [0.1, 0.15) is 19.3 Å². The van der Waals surface area contributed by atoms with Gasteiger partial charge in [-0.25, -0.2) is 4.57 Å². The Balaban J connectivity index is 5.10. The summed E-state index contributed by atoms with van der Waals surface area (Å²) in [4.78, 5) is 37.8. The highest BCUT2D eigenvalue weighted by Crippen LogP contribution is 2.43. The summed E-state index contributed by atoms with van der Waals surface area (Å²) in [6.07, 6.45) is 75.0. The number of hydrogen-bond donors (Lipinski definition) is 2. The molecule has 0 spiro atoms. The van der Waals surface area contributed by atoms with E-state index in [1.807, 2.05) is 33.3 Å². The Labute approximate surface area is 490 Å². The van der Waals surface area contributed by atoms with Crippen molar-refractivity contribution in [3.63, 3.8) is 0 Å². The predicted octanol–water partition coefficient (Wildman–Crippen LogP) is 21.0. The highest BCUT2D eigenvalue weighted by Gasteiger charge is 2.30. The lowest BCUT2D eigenvalue weighted by molar-refractivity contribution is -0.870. The predicted molar refractivity (Wildman–Crippen MR) is 342 cm³/mol. The number of phosphoric acid groups is 1. The summed E-state index contributed by atoms with van der Waals surface area (Å²) in [7, 11) is 1.50. The molecule has 0 bridgehead atoms. The molecular formula is C69H130N2O7P+. The molecule has 0 aromatic rings. The maximum Gasteiger partial charge on any atom is 0.472 e. The highest BCUT2D eigenvalue weighted by molar-refractivity contribution is 7.47. The molecule has 3 atom stereocenters. The Morgan fingerprint density at radius 1 is 0.443 bits per heavy atom. The number of likely N-dealkylation sites (N-methyl/N-ethyl adjacent to an activating group) is 1. The van der Waals surface area contributed by atoms with Gasteiger partial charge in [-0.2, -0.15) is 0 Å². The number of allylic oxidation sites excluding steroid dienone is 9. The van der Waals surface area contributed by atoms with Crippen molar-refractivity contribution in [3.8, 4) is 0 Å². The van der Waals surface area contributed by atoms with Gasteiger partial charge in [-0.1, -0.05) is 268 Å². The molecule has 0 rings (SSSR count). The van der Waals surface area contributed by atoms with Crippen LogP contribution >= 0.6 is 7.82 Å². The molecule has 0 aromatic heterocycles. The second-order valence-electron chi connectivity index (χ2n) is 24.0. The molecule has 0 aliphatic rings. The van der Waals surface area contributed by atoms with Gasteiger partial charge in [-0.3, -0.25) is 18.6 Å². The molecule has 1 amide bonds.